The first-order chi connectivity index (χ1) is 14.2. The van der Waals surface area contributed by atoms with Crippen molar-refractivity contribution in [2.45, 2.75) is 11.8 Å². The zero-order chi connectivity index (χ0) is 21.9. The van der Waals surface area contributed by atoms with E-state index in [4.69, 9.17) is 0 Å². The molecule has 1 amide bonds. The summed E-state index contributed by atoms with van der Waals surface area (Å²) in [4.78, 5) is 12.7. The van der Waals surface area contributed by atoms with Gasteiger partial charge in [0.05, 0.1) is 16.3 Å². The third-order valence-electron chi connectivity index (χ3n) is 4.20. The highest BCUT2D eigenvalue weighted by Gasteiger charge is 2.27. The Morgan fingerprint density at radius 1 is 1.00 bits per heavy atom. The van der Waals surface area contributed by atoms with Crippen LogP contribution in [-0.2, 0) is 14.8 Å². The molecule has 3 rings (SSSR count). The maximum atomic E-state index is 14.1. The first kappa shape index (κ1) is 22.5. The number of amides is 1. The minimum absolute atomic E-state index is 0.0369. The molecular formula is C21H17Br2FN2O3S. The van der Waals surface area contributed by atoms with E-state index in [0.29, 0.717) is 14.6 Å². The second-order valence-electron chi connectivity index (χ2n) is 6.48. The van der Waals surface area contributed by atoms with Crippen molar-refractivity contribution in [3.63, 3.8) is 0 Å². The van der Waals surface area contributed by atoms with Crippen LogP contribution < -0.4 is 9.62 Å². The molecular weight excluding hydrogens is 539 g/mol. The monoisotopic (exact) mass is 554 g/mol. The number of sulfonamides is 1. The van der Waals surface area contributed by atoms with Crippen molar-refractivity contribution in [2.24, 2.45) is 0 Å². The molecule has 0 aliphatic heterocycles. The number of hydrogen-bond acceptors (Lipinski definition) is 3. The first-order valence-electron chi connectivity index (χ1n) is 8.77. The van der Waals surface area contributed by atoms with E-state index in [1.54, 1.807) is 42.5 Å². The zero-order valence-corrected chi connectivity index (χ0v) is 19.8. The molecule has 0 bridgehead atoms. The van der Waals surface area contributed by atoms with Crippen molar-refractivity contribution >= 4 is 59.2 Å². The van der Waals surface area contributed by atoms with Crippen LogP contribution in [0.5, 0.6) is 0 Å². The molecule has 0 saturated carbocycles. The number of carbonyl (C=O) groups is 1. The number of halogens is 3. The summed E-state index contributed by atoms with van der Waals surface area (Å²) in [6.07, 6.45) is 0. The number of carbonyl (C=O) groups excluding carboxylic acids is 1. The summed E-state index contributed by atoms with van der Waals surface area (Å²) < 4.78 is 42.9. The number of benzene rings is 3. The van der Waals surface area contributed by atoms with E-state index in [0.717, 1.165) is 9.87 Å². The van der Waals surface area contributed by atoms with Crippen LogP contribution in [0.1, 0.15) is 5.56 Å². The lowest BCUT2D eigenvalue weighted by Crippen LogP contribution is -2.38. The van der Waals surface area contributed by atoms with E-state index in [1.165, 1.54) is 24.3 Å². The Labute approximate surface area is 191 Å². The largest absolute Gasteiger partial charge is 0.322 e. The van der Waals surface area contributed by atoms with Crippen LogP contribution in [0.15, 0.2) is 80.6 Å². The SMILES string of the molecule is Cc1ccc(S(=O)(=O)N(CC(=O)Nc2ccc(Br)cc2F)c2cccc(Br)c2)cc1. The molecule has 1 N–H and O–H groups in total. The fourth-order valence-corrected chi connectivity index (χ4v) is 4.83. The third kappa shape index (κ3) is 5.27. The van der Waals surface area contributed by atoms with Gasteiger partial charge in [0.25, 0.3) is 10.0 Å². The molecule has 5 nitrogen and oxygen atoms in total. The highest BCUT2D eigenvalue weighted by Crippen LogP contribution is 2.27. The Balaban J connectivity index is 1.95. The molecule has 0 spiro atoms. The molecule has 0 aliphatic rings. The van der Waals surface area contributed by atoms with Crippen molar-refractivity contribution in [3.05, 3.63) is 87.1 Å². The molecule has 0 aromatic heterocycles. The summed E-state index contributed by atoms with van der Waals surface area (Å²) in [7, 11) is -4.04. The quantitative estimate of drug-likeness (QED) is 0.437. The molecule has 0 aliphatic carbocycles. The van der Waals surface area contributed by atoms with E-state index < -0.39 is 28.3 Å². The summed E-state index contributed by atoms with van der Waals surface area (Å²) in [6.45, 7) is 1.32. The van der Waals surface area contributed by atoms with Crippen LogP contribution in [0.25, 0.3) is 0 Å². The maximum absolute atomic E-state index is 14.1. The van der Waals surface area contributed by atoms with Gasteiger partial charge >= 0.3 is 0 Å². The van der Waals surface area contributed by atoms with E-state index in [2.05, 4.69) is 37.2 Å². The van der Waals surface area contributed by atoms with Crippen LogP contribution in [0.2, 0.25) is 0 Å². The van der Waals surface area contributed by atoms with Crippen LogP contribution in [0, 0.1) is 12.7 Å². The van der Waals surface area contributed by atoms with Crippen molar-refractivity contribution in [1.29, 1.82) is 0 Å². The zero-order valence-electron chi connectivity index (χ0n) is 15.8. The molecule has 0 radical (unpaired) electrons. The fourth-order valence-electron chi connectivity index (χ4n) is 2.69. The van der Waals surface area contributed by atoms with Crippen molar-refractivity contribution < 1.29 is 17.6 Å². The van der Waals surface area contributed by atoms with Gasteiger partial charge in [-0.25, -0.2) is 12.8 Å². The minimum atomic E-state index is -4.04. The molecule has 9 heteroatoms. The van der Waals surface area contributed by atoms with Crippen molar-refractivity contribution in [2.75, 3.05) is 16.2 Å². The number of rotatable bonds is 6. The number of nitrogens with one attached hydrogen (secondary N) is 1. The summed E-state index contributed by atoms with van der Waals surface area (Å²) in [5.41, 5.74) is 1.17. The van der Waals surface area contributed by atoms with Gasteiger partial charge < -0.3 is 5.32 Å². The average molecular weight is 556 g/mol. The normalized spacial score (nSPS) is 11.2. The second kappa shape index (κ2) is 9.28. The molecule has 0 fully saturated rings. The topological polar surface area (TPSA) is 66.5 Å². The maximum Gasteiger partial charge on any atom is 0.264 e. The van der Waals surface area contributed by atoms with Gasteiger partial charge in [-0.1, -0.05) is 55.6 Å². The van der Waals surface area contributed by atoms with E-state index in [-0.39, 0.29) is 10.6 Å². The standard InChI is InChI=1S/C21H17Br2FN2O3S/c1-14-5-8-18(9-6-14)30(28,29)26(17-4-2-3-15(22)11-17)13-21(27)25-20-10-7-16(23)12-19(20)24/h2-12H,13H2,1H3,(H,25,27). The van der Waals surface area contributed by atoms with Gasteiger partial charge in [-0.05, 0) is 55.5 Å². The molecule has 0 atom stereocenters. The number of anilines is 2. The number of hydrogen-bond donors (Lipinski definition) is 1. The molecule has 0 unspecified atom stereocenters. The highest BCUT2D eigenvalue weighted by molar-refractivity contribution is 9.10. The second-order valence-corrected chi connectivity index (χ2v) is 10.2. The van der Waals surface area contributed by atoms with E-state index in [9.17, 15) is 17.6 Å². The molecule has 156 valence electrons. The minimum Gasteiger partial charge on any atom is -0.322 e. The van der Waals surface area contributed by atoms with Crippen LogP contribution in [-0.4, -0.2) is 20.9 Å². The Kier molecular flexibility index (Phi) is 6.95. The van der Waals surface area contributed by atoms with Crippen LogP contribution >= 0.6 is 31.9 Å². The van der Waals surface area contributed by atoms with Crippen molar-refractivity contribution in [3.8, 4) is 0 Å². The van der Waals surface area contributed by atoms with Gasteiger partial charge in [0.15, 0.2) is 0 Å². The number of aryl methyl sites for hydroxylation is 1. The highest BCUT2D eigenvalue weighted by atomic mass is 79.9. The molecule has 0 heterocycles. The predicted octanol–water partition coefficient (Wildman–Crippen LogP) is 5.49. The van der Waals surface area contributed by atoms with Crippen LogP contribution in [0.3, 0.4) is 0 Å². The molecule has 3 aromatic rings. The predicted molar refractivity (Wildman–Crippen MR) is 123 cm³/mol. The van der Waals surface area contributed by atoms with Gasteiger partial charge in [0, 0.05) is 8.95 Å². The summed E-state index contributed by atoms with van der Waals surface area (Å²) in [6, 6.07) is 17.1. The van der Waals surface area contributed by atoms with Gasteiger partial charge in [-0.2, -0.15) is 0 Å². The smallest absolute Gasteiger partial charge is 0.264 e. The van der Waals surface area contributed by atoms with Crippen LogP contribution in [0.4, 0.5) is 15.8 Å². The fraction of sp³-hybridized carbons (Fsp3) is 0.0952. The van der Waals surface area contributed by atoms with Gasteiger partial charge in [-0.15, -0.1) is 0 Å². The number of nitrogens with zero attached hydrogens (tertiary/aromatic N) is 1. The third-order valence-corrected chi connectivity index (χ3v) is 6.97. The average Bonchev–Trinajstić information content (AvgIpc) is 2.68. The Morgan fingerprint density at radius 2 is 1.67 bits per heavy atom. The summed E-state index contributed by atoms with van der Waals surface area (Å²) >= 11 is 6.48. The lowest BCUT2D eigenvalue weighted by molar-refractivity contribution is -0.114. The Bertz CT molecular complexity index is 1190. The summed E-state index contributed by atoms with van der Waals surface area (Å²) in [5, 5.41) is 2.43. The van der Waals surface area contributed by atoms with E-state index in [1.807, 2.05) is 6.92 Å². The van der Waals surface area contributed by atoms with Gasteiger partial charge in [0.2, 0.25) is 5.91 Å². The lowest BCUT2D eigenvalue weighted by Gasteiger charge is -2.24. The first-order valence-corrected chi connectivity index (χ1v) is 11.8. The lowest BCUT2D eigenvalue weighted by atomic mass is 10.2. The molecule has 0 saturated heterocycles. The Morgan fingerprint density at radius 3 is 2.30 bits per heavy atom. The molecule has 30 heavy (non-hydrogen) atoms. The van der Waals surface area contributed by atoms with Gasteiger partial charge in [-0.3, -0.25) is 9.10 Å². The Hall–Kier alpha value is -2.23. The van der Waals surface area contributed by atoms with Crippen molar-refractivity contribution in [1.82, 2.24) is 0 Å². The summed E-state index contributed by atoms with van der Waals surface area (Å²) in [5.74, 6) is -1.31. The van der Waals surface area contributed by atoms with Gasteiger partial charge in [0.1, 0.15) is 12.4 Å². The molecule has 3 aromatic carbocycles. The van der Waals surface area contributed by atoms with E-state index >= 15 is 0 Å².